The number of benzene rings is 3. The summed E-state index contributed by atoms with van der Waals surface area (Å²) in [6, 6.07) is 21.0. The van der Waals surface area contributed by atoms with Crippen molar-refractivity contribution in [3.63, 3.8) is 0 Å². The minimum absolute atomic E-state index is 0.143. The fourth-order valence-corrected chi connectivity index (χ4v) is 2.51. The fraction of sp³-hybridized carbons (Fsp3) is 0.0476. The standard InChI is InChI=1S/C14H13NO2.C7H5ClO2/c1-10-5-4-6-11(9-10)15-13-8-3-2-7-12(13)14(16)17;8-6-4-2-1-3-5(6)7(9)10/h2-9,15H,1H3,(H,16,17);1-4H,(H,9,10). The molecular formula is C21H18ClNO4. The maximum absolute atomic E-state index is 11.0. The molecule has 3 aromatic rings. The van der Waals surface area contributed by atoms with Crippen molar-refractivity contribution < 1.29 is 19.8 Å². The van der Waals surface area contributed by atoms with E-state index in [1.165, 1.54) is 6.07 Å². The van der Waals surface area contributed by atoms with Crippen LogP contribution in [0.2, 0.25) is 5.02 Å². The molecule has 0 aliphatic heterocycles. The van der Waals surface area contributed by atoms with E-state index in [1.807, 2.05) is 37.3 Å². The number of aryl methyl sites for hydroxylation is 1. The maximum atomic E-state index is 11.0. The second kappa shape index (κ2) is 9.40. The lowest BCUT2D eigenvalue weighted by molar-refractivity contribution is 0.0686. The number of para-hydroxylation sites is 1. The average Bonchev–Trinajstić information content (AvgIpc) is 2.63. The number of carboxylic acid groups (broad SMARTS) is 2. The van der Waals surface area contributed by atoms with Gasteiger partial charge in [-0.1, -0.05) is 48.0 Å². The van der Waals surface area contributed by atoms with E-state index in [2.05, 4.69) is 5.32 Å². The first-order chi connectivity index (χ1) is 12.9. The summed E-state index contributed by atoms with van der Waals surface area (Å²) in [6.45, 7) is 1.99. The molecule has 0 amide bonds. The molecule has 0 spiro atoms. The smallest absolute Gasteiger partial charge is 0.337 e. The highest BCUT2D eigenvalue weighted by molar-refractivity contribution is 6.33. The van der Waals surface area contributed by atoms with Gasteiger partial charge < -0.3 is 15.5 Å². The van der Waals surface area contributed by atoms with Crippen LogP contribution >= 0.6 is 11.6 Å². The summed E-state index contributed by atoms with van der Waals surface area (Å²) in [5.41, 5.74) is 3.03. The number of nitrogens with one attached hydrogen (secondary N) is 1. The number of hydrogen-bond donors (Lipinski definition) is 3. The van der Waals surface area contributed by atoms with E-state index in [0.717, 1.165) is 11.3 Å². The Morgan fingerprint density at radius 3 is 1.96 bits per heavy atom. The van der Waals surface area contributed by atoms with Crippen molar-refractivity contribution in [2.45, 2.75) is 6.92 Å². The third kappa shape index (κ3) is 5.87. The maximum Gasteiger partial charge on any atom is 0.337 e. The lowest BCUT2D eigenvalue weighted by Gasteiger charge is -2.09. The Balaban J connectivity index is 0.000000223. The highest BCUT2D eigenvalue weighted by Crippen LogP contribution is 2.21. The number of carboxylic acids is 2. The van der Waals surface area contributed by atoms with Gasteiger partial charge in [0, 0.05) is 5.69 Å². The predicted octanol–water partition coefficient (Wildman–Crippen LogP) is 5.48. The SMILES string of the molecule is Cc1cccc(Nc2ccccc2C(=O)O)c1.O=C(O)c1ccccc1Cl. The zero-order valence-electron chi connectivity index (χ0n) is 14.5. The lowest BCUT2D eigenvalue weighted by atomic mass is 10.1. The van der Waals surface area contributed by atoms with Crippen LogP contribution in [-0.4, -0.2) is 22.2 Å². The third-order valence-electron chi connectivity index (χ3n) is 3.56. The van der Waals surface area contributed by atoms with Crippen LogP contribution in [0, 0.1) is 6.92 Å². The van der Waals surface area contributed by atoms with E-state index in [9.17, 15) is 9.59 Å². The average molecular weight is 384 g/mol. The minimum atomic E-state index is -0.995. The first-order valence-corrected chi connectivity index (χ1v) is 8.40. The van der Waals surface area contributed by atoms with Crippen LogP contribution in [0.5, 0.6) is 0 Å². The Labute approximate surface area is 161 Å². The molecule has 0 saturated carbocycles. The molecule has 27 heavy (non-hydrogen) atoms. The summed E-state index contributed by atoms with van der Waals surface area (Å²) in [5.74, 6) is -1.92. The van der Waals surface area contributed by atoms with Crippen molar-refractivity contribution in [1.29, 1.82) is 0 Å². The molecule has 3 N–H and O–H groups in total. The zero-order valence-corrected chi connectivity index (χ0v) is 15.3. The van der Waals surface area contributed by atoms with Crippen molar-refractivity contribution in [2.75, 3.05) is 5.32 Å². The first kappa shape index (κ1) is 20.0. The van der Waals surface area contributed by atoms with Crippen LogP contribution < -0.4 is 5.32 Å². The topological polar surface area (TPSA) is 86.6 Å². The highest BCUT2D eigenvalue weighted by atomic mass is 35.5. The molecule has 0 bridgehead atoms. The predicted molar refractivity (Wildman–Crippen MR) is 106 cm³/mol. The second-order valence-electron chi connectivity index (χ2n) is 5.63. The van der Waals surface area contributed by atoms with E-state index in [4.69, 9.17) is 21.8 Å². The van der Waals surface area contributed by atoms with Crippen LogP contribution in [0.4, 0.5) is 11.4 Å². The number of anilines is 2. The molecule has 0 atom stereocenters. The lowest BCUT2D eigenvalue weighted by Crippen LogP contribution is -2.02. The van der Waals surface area contributed by atoms with Crippen molar-refractivity contribution in [3.8, 4) is 0 Å². The molecule has 138 valence electrons. The molecule has 0 unspecified atom stereocenters. The molecule has 0 aromatic heterocycles. The summed E-state index contributed by atoms with van der Waals surface area (Å²) in [5, 5.41) is 20.9. The third-order valence-corrected chi connectivity index (χ3v) is 3.89. The quantitative estimate of drug-likeness (QED) is 0.555. The Morgan fingerprint density at radius 2 is 1.41 bits per heavy atom. The van der Waals surface area contributed by atoms with Gasteiger partial charge in [0.1, 0.15) is 0 Å². The van der Waals surface area contributed by atoms with E-state index in [0.29, 0.717) is 5.69 Å². The number of hydrogen-bond acceptors (Lipinski definition) is 3. The molecule has 0 aliphatic carbocycles. The van der Waals surface area contributed by atoms with Crippen LogP contribution in [0.25, 0.3) is 0 Å². The van der Waals surface area contributed by atoms with E-state index < -0.39 is 11.9 Å². The highest BCUT2D eigenvalue weighted by Gasteiger charge is 2.08. The van der Waals surface area contributed by atoms with Crippen LogP contribution in [0.1, 0.15) is 26.3 Å². The summed E-state index contributed by atoms with van der Waals surface area (Å²) in [7, 11) is 0. The Hall–Kier alpha value is -3.31. The van der Waals surface area contributed by atoms with Crippen molar-refractivity contribution in [1.82, 2.24) is 0 Å². The van der Waals surface area contributed by atoms with Crippen LogP contribution in [-0.2, 0) is 0 Å². The fourth-order valence-electron chi connectivity index (χ4n) is 2.29. The molecule has 0 saturated heterocycles. The van der Waals surface area contributed by atoms with Gasteiger partial charge in [-0.15, -0.1) is 0 Å². The van der Waals surface area contributed by atoms with Gasteiger partial charge in [0.2, 0.25) is 0 Å². The summed E-state index contributed by atoms with van der Waals surface area (Å²) < 4.78 is 0. The molecule has 0 aliphatic rings. The van der Waals surface area contributed by atoms with Gasteiger partial charge in [-0.05, 0) is 48.9 Å². The van der Waals surface area contributed by atoms with Crippen molar-refractivity contribution >= 4 is 34.9 Å². The molecule has 3 rings (SSSR count). The zero-order chi connectivity index (χ0) is 19.8. The van der Waals surface area contributed by atoms with Crippen LogP contribution in [0.15, 0.2) is 72.8 Å². The number of carbonyl (C=O) groups is 2. The van der Waals surface area contributed by atoms with Gasteiger partial charge in [-0.2, -0.15) is 0 Å². The molecule has 0 fully saturated rings. The largest absolute Gasteiger partial charge is 0.478 e. The van der Waals surface area contributed by atoms with Crippen molar-refractivity contribution in [3.05, 3.63) is 94.5 Å². The Morgan fingerprint density at radius 1 is 0.815 bits per heavy atom. The Bertz CT molecular complexity index is 956. The van der Waals surface area contributed by atoms with Gasteiger partial charge in [0.25, 0.3) is 0 Å². The molecule has 0 heterocycles. The second-order valence-corrected chi connectivity index (χ2v) is 6.04. The molecular weight excluding hydrogens is 366 g/mol. The van der Waals surface area contributed by atoms with Gasteiger partial charge in [0.15, 0.2) is 0 Å². The van der Waals surface area contributed by atoms with E-state index >= 15 is 0 Å². The van der Waals surface area contributed by atoms with E-state index in [1.54, 1.807) is 36.4 Å². The monoisotopic (exact) mass is 383 g/mol. The normalized spacial score (nSPS) is 9.70. The molecule has 6 heteroatoms. The number of rotatable bonds is 4. The van der Waals surface area contributed by atoms with Crippen molar-refractivity contribution in [2.24, 2.45) is 0 Å². The van der Waals surface area contributed by atoms with E-state index in [-0.39, 0.29) is 16.1 Å². The van der Waals surface area contributed by atoms with Gasteiger partial charge in [-0.3, -0.25) is 0 Å². The summed E-state index contributed by atoms with van der Waals surface area (Å²) in [4.78, 5) is 21.4. The Kier molecular flexibility index (Phi) is 6.97. The molecule has 5 nitrogen and oxygen atoms in total. The summed E-state index contributed by atoms with van der Waals surface area (Å²) >= 11 is 5.54. The first-order valence-electron chi connectivity index (χ1n) is 8.02. The molecule has 0 radical (unpaired) electrons. The number of halogens is 1. The summed E-state index contributed by atoms with van der Waals surface area (Å²) in [6.07, 6.45) is 0. The van der Waals surface area contributed by atoms with Gasteiger partial charge in [-0.25, -0.2) is 9.59 Å². The van der Waals surface area contributed by atoms with Crippen LogP contribution in [0.3, 0.4) is 0 Å². The minimum Gasteiger partial charge on any atom is -0.478 e. The number of aromatic carboxylic acids is 2. The molecule has 3 aromatic carbocycles. The van der Waals surface area contributed by atoms with Gasteiger partial charge >= 0.3 is 11.9 Å². The van der Waals surface area contributed by atoms with Gasteiger partial charge in [0.05, 0.1) is 21.8 Å².